The van der Waals surface area contributed by atoms with Crippen LogP contribution in [0.15, 0.2) is 95.8 Å². The Labute approximate surface area is 202 Å². The van der Waals surface area contributed by atoms with E-state index in [1.165, 1.54) is 4.57 Å². The predicted octanol–water partition coefficient (Wildman–Crippen LogP) is 5.13. The number of nitrogens with zero attached hydrogens (tertiary/aromatic N) is 2. The average molecular weight is 474 g/mol. The number of anilines is 1. The molecule has 6 nitrogen and oxygen atoms in total. The number of rotatable bonds is 10. The molecular weight excluding hydrogens is 450 g/mol. The molecule has 34 heavy (non-hydrogen) atoms. The van der Waals surface area contributed by atoms with Gasteiger partial charge >= 0.3 is 0 Å². The number of carbonyl (C=O) groups is 1. The van der Waals surface area contributed by atoms with E-state index in [0.717, 1.165) is 11.1 Å². The van der Waals surface area contributed by atoms with Gasteiger partial charge in [0.05, 0.1) is 12.3 Å². The predicted molar refractivity (Wildman–Crippen MR) is 134 cm³/mol. The van der Waals surface area contributed by atoms with Crippen LogP contribution in [0.25, 0.3) is 11.3 Å². The van der Waals surface area contributed by atoms with Gasteiger partial charge in [-0.25, -0.2) is 4.98 Å². The lowest BCUT2D eigenvalue weighted by molar-refractivity contribution is -0.125. The van der Waals surface area contributed by atoms with Crippen LogP contribution in [-0.2, 0) is 22.6 Å². The lowest BCUT2D eigenvalue weighted by atomic mass is 10.1. The number of halogens is 1. The van der Waals surface area contributed by atoms with Crippen molar-refractivity contribution in [3.8, 4) is 11.3 Å². The first kappa shape index (κ1) is 23.4. The number of benzene rings is 3. The summed E-state index contributed by atoms with van der Waals surface area (Å²) >= 11 is 6.57. The van der Waals surface area contributed by atoms with Crippen molar-refractivity contribution in [1.29, 1.82) is 0 Å². The highest BCUT2D eigenvalue weighted by atomic mass is 35.5. The molecule has 1 N–H and O–H groups in total. The van der Waals surface area contributed by atoms with Gasteiger partial charge in [-0.15, -0.1) is 0 Å². The molecule has 7 heteroatoms. The Morgan fingerprint density at radius 3 is 2.12 bits per heavy atom. The first-order valence-corrected chi connectivity index (χ1v) is 11.3. The first-order valence-electron chi connectivity index (χ1n) is 10.9. The molecule has 3 aromatic carbocycles. The Morgan fingerprint density at radius 2 is 1.50 bits per heavy atom. The zero-order chi connectivity index (χ0) is 23.8. The molecular formula is C27H24ClN3O3. The fourth-order valence-corrected chi connectivity index (χ4v) is 3.91. The van der Waals surface area contributed by atoms with Crippen LogP contribution >= 0.6 is 11.6 Å². The second-order valence-corrected chi connectivity index (χ2v) is 7.98. The first-order chi connectivity index (χ1) is 16.7. The molecule has 0 saturated heterocycles. The molecule has 1 atom stereocenters. The topological polar surface area (TPSA) is 73.2 Å². The number of ether oxygens (including phenoxy) is 1. The van der Waals surface area contributed by atoms with Gasteiger partial charge in [0.25, 0.3) is 5.56 Å². The van der Waals surface area contributed by atoms with Crippen molar-refractivity contribution in [1.82, 2.24) is 9.55 Å². The lowest BCUT2D eigenvalue weighted by Gasteiger charge is -2.21. The summed E-state index contributed by atoms with van der Waals surface area (Å²) in [5.41, 5.74) is 2.50. The molecule has 0 amide bonds. The van der Waals surface area contributed by atoms with Crippen LogP contribution in [0.5, 0.6) is 0 Å². The molecule has 4 aromatic rings. The second-order valence-electron chi connectivity index (χ2n) is 7.63. The number of hydrogen-bond donors (Lipinski definition) is 1. The number of hydrogen-bond acceptors (Lipinski definition) is 5. The van der Waals surface area contributed by atoms with Gasteiger partial charge in [0, 0.05) is 12.1 Å². The van der Waals surface area contributed by atoms with Gasteiger partial charge in [0.2, 0.25) is 0 Å². The molecule has 0 bridgehead atoms. The van der Waals surface area contributed by atoms with E-state index in [4.69, 9.17) is 16.3 Å². The highest BCUT2D eigenvalue weighted by molar-refractivity contribution is 6.32. The van der Waals surface area contributed by atoms with Crippen LogP contribution in [0.3, 0.4) is 0 Å². The fourth-order valence-electron chi connectivity index (χ4n) is 3.63. The highest BCUT2D eigenvalue weighted by Crippen LogP contribution is 2.28. The molecule has 4 rings (SSSR count). The monoisotopic (exact) mass is 473 g/mol. The molecule has 1 heterocycles. The van der Waals surface area contributed by atoms with Gasteiger partial charge in [-0.1, -0.05) is 103 Å². The van der Waals surface area contributed by atoms with Crippen LogP contribution in [0.2, 0.25) is 5.15 Å². The Morgan fingerprint density at radius 1 is 0.912 bits per heavy atom. The van der Waals surface area contributed by atoms with E-state index in [2.05, 4.69) is 10.3 Å². The van der Waals surface area contributed by atoms with Crippen LogP contribution in [0.4, 0.5) is 5.82 Å². The number of aldehydes is 1. The molecule has 0 aliphatic carbocycles. The van der Waals surface area contributed by atoms with Gasteiger partial charge in [-0.2, -0.15) is 0 Å². The van der Waals surface area contributed by atoms with Crippen molar-refractivity contribution in [2.75, 3.05) is 11.9 Å². The zero-order valence-electron chi connectivity index (χ0n) is 18.4. The maximum Gasteiger partial charge on any atom is 0.296 e. The van der Waals surface area contributed by atoms with Crippen LogP contribution in [-0.4, -0.2) is 22.4 Å². The summed E-state index contributed by atoms with van der Waals surface area (Å²) in [6, 6.07) is 28.5. The summed E-state index contributed by atoms with van der Waals surface area (Å²) in [6.45, 7) is 0.630. The largest absolute Gasteiger partial charge is 0.365 e. The molecule has 0 aliphatic heterocycles. The number of carbonyl (C=O) groups excluding carboxylic acids is 1. The van der Waals surface area contributed by atoms with Crippen molar-refractivity contribution >= 4 is 23.7 Å². The third kappa shape index (κ3) is 5.60. The van der Waals surface area contributed by atoms with Gasteiger partial charge in [0.1, 0.15) is 0 Å². The van der Waals surface area contributed by atoms with Crippen molar-refractivity contribution < 1.29 is 9.53 Å². The van der Waals surface area contributed by atoms with Crippen LogP contribution in [0.1, 0.15) is 17.4 Å². The van der Waals surface area contributed by atoms with Gasteiger partial charge in [-0.3, -0.25) is 14.2 Å². The van der Waals surface area contributed by atoms with E-state index < -0.39 is 11.8 Å². The molecule has 0 spiro atoms. The van der Waals surface area contributed by atoms with Crippen molar-refractivity contribution in [3.63, 3.8) is 0 Å². The minimum absolute atomic E-state index is 0.0655. The van der Waals surface area contributed by atoms with E-state index in [0.29, 0.717) is 30.5 Å². The van der Waals surface area contributed by atoms with E-state index in [9.17, 15) is 9.59 Å². The second kappa shape index (κ2) is 11.4. The quantitative estimate of drug-likeness (QED) is 0.323. The minimum Gasteiger partial charge on any atom is -0.365 e. The Bertz CT molecular complexity index is 1280. The summed E-state index contributed by atoms with van der Waals surface area (Å²) in [5, 5.41) is 3.17. The summed E-state index contributed by atoms with van der Waals surface area (Å²) in [4.78, 5) is 30.0. The summed E-state index contributed by atoms with van der Waals surface area (Å²) < 4.78 is 7.14. The third-order valence-electron chi connectivity index (χ3n) is 5.30. The SMILES string of the molecule is O=CC(OCc1ccccc1)n1c(-c2ccccc2)c(Cl)nc(NCCc2ccccc2)c1=O. The molecule has 0 aliphatic rings. The molecule has 172 valence electrons. The third-order valence-corrected chi connectivity index (χ3v) is 5.56. The van der Waals surface area contributed by atoms with Gasteiger partial charge < -0.3 is 10.1 Å². The standard InChI is InChI=1S/C27H24ClN3O3/c28-25-24(22-14-8-3-9-15-22)31(23(18-32)34-19-21-12-6-2-7-13-21)27(33)26(30-25)29-17-16-20-10-4-1-5-11-20/h1-15,18,23H,16-17,19H2,(H,29,30). The van der Waals surface area contributed by atoms with Crippen molar-refractivity contribution in [3.05, 3.63) is 118 Å². The fraction of sp³-hybridized carbons (Fsp3) is 0.148. The highest BCUT2D eigenvalue weighted by Gasteiger charge is 2.23. The molecule has 0 fully saturated rings. The van der Waals surface area contributed by atoms with Crippen molar-refractivity contribution in [2.24, 2.45) is 0 Å². The van der Waals surface area contributed by atoms with E-state index in [1.807, 2.05) is 78.9 Å². The number of nitrogens with one attached hydrogen (secondary N) is 1. The summed E-state index contributed by atoms with van der Waals surface area (Å²) in [5.74, 6) is 0.0655. The maximum absolute atomic E-state index is 13.5. The zero-order valence-corrected chi connectivity index (χ0v) is 19.2. The molecule has 0 saturated carbocycles. The number of aromatic nitrogens is 2. The molecule has 0 radical (unpaired) electrons. The molecule has 1 aromatic heterocycles. The van der Waals surface area contributed by atoms with E-state index in [-0.39, 0.29) is 17.6 Å². The normalized spacial score (nSPS) is 11.7. The van der Waals surface area contributed by atoms with Crippen molar-refractivity contribution in [2.45, 2.75) is 19.3 Å². The maximum atomic E-state index is 13.5. The molecule has 1 unspecified atom stereocenters. The van der Waals surface area contributed by atoms with E-state index >= 15 is 0 Å². The van der Waals surface area contributed by atoms with E-state index in [1.54, 1.807) is 12.1 Å². The van der Waals surface area contributed by atoms with Gasteiger partial charge in [-0.05, 0) is 17.5 Å². The summed E-state index contributed by atoms with van der Waals surface area (Å²) in [7, 11) is 0. The Balaban J connectivity index is 1.68. The summed E-state index contributed by atoms with van der Waals surface area (Å²) in [6.07, 6.45) is 0.112. The minimum atomic E-state index is -1.18. The van der Waals surface area contributed by atoms with Crippen LogP contribution < -0.4 is 10.9 Å². The smallest absolute Gasteiger partial charge is 0.296 e. The van der Waals surface area contributed by atoms with Crippen LogP contribution in [0, 0.1) is 0 Å². The average Bonchev–Trinajstić information content (AvgIpc) is 2.88. The Hall–Kier alpha value is -3.74. The lowest BCUT2D eigenvalue weighted by Crippen LogP contribution is -2.32. The van der Waals surface area contributed by atoms with Gasteiger partial charge in [0.15, 0.2) is 23.5 Å². The Kier molecular flexibility index (Phi) is 7.86.